The molecule has 0 bridgehead atoms. The fourth-order valence-corrected chi connectivity index (χ4v) is 7.54. The minimum atomic E-state index is -0.592. The van der Waals surface area contributed by atoms with Crippen molar-refractivity contribution in [3.8, 4) is 22.3 Å². The lowest BCUT2D eigenvalue weighted by molar-refractivity contribution is -0.136. The van der Waals surface area contributed by atoms with E-state index in [2.05, 4.69) is 70.9 Å². The highest BCUT2D eigenvalue weighted by molar-refractivity contribution is 7.38. The fraction of sp³-hybridized carbons (Fsp3) is 0.395. The van der Waals surface area contributed by atoms with Crippen LogP contribution in [0.3, 0.4) is 0 Å². The minimum absolute atomic E-state index is 0.00783. The molecule has 248 valence electrons. The summed E-state index contributed by atoms with van der Waals surface area (Å²) in [6, 6.07) is 21.1. The molecule has 0 spiro atoms. The third-order valence-electron chi connectivity index (χ3n) is 10.0. The number of fused-ring (bicyclic) bond motifs is 2. The van der Waals surface area contributed by atoms with E-state index in [4.69, 9.17) is 14.7 Å². The summed E-state index contributed by atoms with van der Waals surface area (Å²) in [5.41, 5.74) is 8.18. The number of likely N-dealkylation sites (tertiary alicyclic amines) is 2. The maximum atomic E-state index is 13.3. The molecule has 2 N–H and O–H groups in total. The van der Waals surface area contributed by atoms with E-state index in [1.807, 2.05) is 36.6 Å². The van der Waals surface area contributed by atoms with Gasteiger partial charge in [-0.2, -0.15) is 0 Å². The Morgan fingerprint density at radius 3 is 1.81 bits per heavy atom. The van der Waals surface area contributed by atoms with Gasteiger partial charge in [-0.3, -0.25) is 9.59 Å². The molecule has 2 saturated heterocycles. The van der Waals surface area contributed by atoms with Gasteiger partial charge in [-0.05, 0) is 79.1 Å². The molecule has 4 heterocycles. The lowest BCUT2D eigenvalue weighted by Crippen LogP contribution is -2.36. The van der Waals surface area contributed by atoms with Crippen LogP contribution in [0.5, 0.6) is 0 Å². The summed E-state index contributed by atoms with van der Waals surface area (Å²) in [5.74, 6) is 1.94. The first-order valence-corrected chi connectivity index (χ1v) is 18.0. The van der Waals surface area contributed by atoms with Crippen molar-refractivity contribution in [3.63, 3.8) is 0 Å². The first-order valence-electron chi connectivity index (χ1n) is 16.9. The highest BCUT2D eigenvalue weighted by Gasteiger charge is 2.36. The minimum Gasteiger partial charge on any atom is -0.369 e. The number of H-pyrrole nitrogens is 2. The van der Waals surface area contributed by atoms with Gasteiger partial charge in [0.15, 0.2) is 0 Å². The molecule has 2 aromatic heterocycles. The molecule has 3 unspecified atom stereocenters. The summed E-state index contributed by atoms with van der Waals surface area (Å²) in [4.78, 5) is 46.8. The van der Waals surface area contributed by atoms with Crippen molar-refractivity contribution in [2.45, 2.75) is 70.3 Å². The molecule has 5 aromatic rings. The SMILES string of the molecule is C=PC(C)(CC(=O)N1CCCC1c1nc2ccc(-c3ccc(-c4ccc5nc(C6CCCN6C(=O)C(C)C)[nH]c5c4)cc3)cc2[nH]1)OC. The fourth-order valence-electron chi connectivity index (χ4n) is 7.16. The molecular weight excluding hydrogens is 619 g/mol. The second-order valence-corrected chi connectivity index (χ2v) is 14.9. The Balaban J connectivity index is 1.08. The van der Waals surface area contributed by atoms with E-state index < -0.39 is 5.34 Å². The number of methoxy groups -OCH3 is 1. The molecule has 7 rings (SSSR count). The van der Waals surface area contributed by atoms with Crippen molar-refractivity contribution in [1.29, 1.82) is 0 Å². The van der Waals surface area contributed by atoms with Crippen molar-refractivity contribution < 1.29 is 14.3 Å². The van der Waals surface area contributed by atoms with Crippen molar-refractivity contribution in [1.82, 2.24) is 29.7 Å². The van der Waals surface area contributed by atoms with E-state index in [9.17, 15) is 9.59 Å². The molecule has 0 saturated carbocycles. The molecule has 3 aromatic carbocycles. The van der Waals surface area contributed by atoms with Crippen molar-refractivity contribution in [2.24, 2.45) is 5.92 Å². The number of amides is 2. The standard InChI is InChI=1S/C38H43N6O3P/c1-23(2)37(46)44-19-7-9-33(44)36-40-29-17-15-27(21-31(29)42-36)25-12-10-24(11-13-25)26-14-16-28-30(20-26)41-35(39-28)32-8-6-18-43(32)34(45)22-38(3,47-4)48-5/h10-17,20-21,23,32-33H,5-9,18-19,22H2,1-4H3,(H,39,41)(H,40,42). The lowest BCUT2D eigenvalue weighted by Gasteiger charge is -2.28. The quantitative estimate of drug-likeness (QED) is 0.156. The third kappa shape index (κ3) is 6.06. The largest absolute Gasteiger partial charge is 0.369 e. The van der Waals surface area contributed by atoms with E-state index >= 15 is 0 Å². The Kier molecular flexibility index (Phi) is 8.69. The van der Waals surface area contributed by atoms with Crippen LogP contribution in [0.2, 0.25) is 0 Å². The van der Waals surface area contributed by atoms with Crippen LogP contribution in [0.4, 0.5) is 0 Å². The second-order valence-electron chi connectivity index (χ2n) is 13.6. The maximum Gasteiger partial charge on any atom is 0.226 e. The lowest BCUT2D eigenvalue weighted by atomic mass is 10.00. The second kappa shape index (κ2) is 12.9. The van der Waals surface area contributed by atoms with Gasteiger partial charge < -0.3 is 24.5 Å². The number of nitrogens with zero attached hydrogens (tertiary/aromatic N) is 4. The van der Waals surface area contributed by atoms with Gasteiger partial charge in [0, 0.05) is 26.1 Å². The zero-order chi connectivity index (χ0) is 33.6. The van der Waals surface area contributed by atoms with E-state index in [0.29, 0.717) is 6.42 Å². The normalized spacial score (nSPS) is 19.6. The predicted octanol–water partition coefficient (Wildman–Crippen LogP) is 7.89. The van der Waals surface area contributed by atoms with Gasteiger partial charge in [-0.25, -0.2) is 9.97 Å². The smallest absolute Gasteiger partial charge is 0.226 e. The summed E-state index contributed by atoms with van der Waals surface area (Å²) in [6.45, 7) is 7.35. The zero-order valence-electron chi connectivity index (χ0n) is 28.1. The van der Waals surface area contributed by atoms with E-state index in [-0.39, 0.29) is 29.8 Å². The zero-order valence-corrected chi connectivity index (χ0v) is 29.0. The number of hydrogen-bond acceptors (Lipinski definition) is 5. The topological polar surface area (TPSA) is 107 Å². The Bertz CT molecular complexity index is 2000. The summed E-state index contributed by atoms with van der Waals surface area (Å²) in [6.07, 6.45) is 8.00. The number of aromatic nitrogens is 4. The number of benzene rings is 3. The Morgan fingerprint density at radius 2 is 1.33 bits per heavy atom. The first-order chi connectivity index (χ1) is 23.2. The average molecular weight is 663 g/mol. The van der Waals surface area contributed by atoms with Gasteiger partial charge >= 0.3 is 0 Å². The molecule has 0 aliphatic carbocycles. The average Bonchev–Trinajstić information content (AvgIpc) is 3.92. The molecule has 0 radical (unpaired) electrons. The number of hydrogen-bond donors (Lipinski definition) is 2. The van der Waals surface area contributed by atoms with E-state index in [1.165, 1.54) is 0 Å². The van der Waals surface area contributed by atoms with Crippen LogP contribution in [-0.2, 0) is 14.3 Å². The molecule has 3 atom stereocenters. The number of nitrogens with one attached hydrogen (secondary N) is 2. The molecule has 2 aliphatic heterocycles. The van der Waals surface area contributed by atoms with E-state index in [0.717, 1.165) is 103 Å². The number of carbonyl (C=O) groups excluding carboxylic acids is 2. The molecule has 10 heteroatoms. The number of ether oxygens (including phenoxy) is 1. The number of imidazole rings is 2. The van der Waals surface area contributed by atoms with Gasteiger partial charge in [0.2, 0.25) is 11.8 Å². The summed E-state index contributed by atoms with van der Waals surface area (Å²) in [7, 11) is 2.43. The van der Waals surface area contributed by atoms with Crippen LogP contribution in [0.25, 0.3) is 44.3 Å². The summed E-state index contributed by atoms with van der Waals surface area (Å²) < 4.78 is 5.58. The van der Waals surface area contributed by atoms with Crippen molar-refractivity contribution in [2.75, 3.05) is 20.2 Å². The Labute approximate surface area is 282 Å². The van der Waals surface area contributed by atoms with Gasteiger partial charge in [0.1, 0.15) is 17.0 Å². The predicted molar refractivity (Wildman–Crippen MR) is 193 cm³/mol. The first kappa shape index (κ1) is 32.2. The molecule has 2 fully saturated rings. The van der Waals surface area contributed by atoms with Gasteiger partial charge in [-0.15, -0.1) is 0 Å². The molecular formula is C38H43N6O3P. The molecule has 48 heavy (non-hydrogen) atoms. The van der Waals surface area contributed by atoms with E-state index in [1.54, 1.807) is 7.11 Å². The van der Waals surface area contributed by atoms with Crippen LogP contribution < -0.4 is 0 Å². The Hall–Kier alpha value is -4.33. The highest BCUT2D eigenvalue weighted by atomic mass is 31.1. The molecule has 2 aliphatic rings. The van der Waals surface area contributed by atoms with Crippen molar-refractivity contribution >= 4 is 48.4 Å². The van der Waals surface area contributed by atoms with Crippen LogP contribution in [0.1, 0.15) is 76.6 Å². The number of rotatable bonds is 9. The van der Waals surface area contributed by atoms with Crippen LogP contribution in [-0.4, -0.2) is 73.4 Å². The molecule has 9 nitrogen and oxygen atoms in total. The number of aromatic amines is 2. The van der Waals surface area contributed by atoms with Gasteiger partial charge in [-0.1, -0.05) is 64.7 Å². The third-order valence-corrected chi connectivity index (χ3v) is 11.0. The van der Waals surface area contributed by atoms with Crippen LogP contribution in [0, 0.1) is 5.92 Å². The highest BCUT2D eigenvalue weighted by Crippen LogP contribution is 2.37. The summed E-state index contributed by atoms with van der Waals surface area (Å²) in [5, 5.41) is -0.592. The van der Waals surface area contributed by atoms with Crippen LogP contribution >= 0.6 is 8.20 Å². The monoisotopic (exact) mass is 662 g/mol. The van der Waals surface area contributed by atoms with Crippen LogP contribution in [0.15, 0.2) is 60.7 Å². The van der Waals surface area contributed by atoms with Gasteiger partial charge in [0.25, 0.3) is 0 Å². The molecule has 2 amide bonds. The number of carbonyl (C=O) groups is 2. The van der Waals surface area contributed by atoms with Gasteiger partial charge in [0.05, 0.1) is 40.6 Å². The van der Waals surface area contributed by atoms with Crippen molar-refractivity contribution in [3.05, 3.63) is 72.3 Å². The maximum absolute atomic E-state index is 13.3. The summed E-state index contributed by atoms with van der Waals surface area (Å²) >= 11 is 0. The Morgan fingerprint density at radius 1 is 0.854 bits per heavy atom.